The molecule has 0 bridgehead atoms. The Balaban J connectivity index is 1.62. The number of nitrogens with one attached hydrogen (secondary N) is 1. The van der Waals surface area contributed by atoms with Crippen molar-refractivity contribution in [2.75, 3.05) is 6.54 Å². The van der Waals surface area contributed by atoms with Crippen LogP contribution in [0.1, 0.15) is 28.4 Å². The molecule has 0 unspecified atom stereocenters. The molecule has 4 aromatic heterocycles. The number of nitrogens with zero attached hydrogens (tertiary/aromatic N) is 5. The molecule has 0 aliphatic rings. The smallest absolute Gasteiger partial charge is 0.319 e. The number of halogens is 2. The van der Waals surface area contributed by atoms with Crippen molar-refractivity contribution in [3.8, 4) is 10.6 Å². The second-order valence-electron chi connectivity index (χ2n) is 6.47. The third-order valence-corrected chi connectivity index (χ3v) is 5.47. The molecule has 29 heavy (non-hydrogen) atoms. The Bertz CT molecular complexity index is 1170. The summed E-state index contributed by atoms with van der Waals surface area (Å²) in [5.41, 5.74) is 2.47. The van der Waals surface area contributed by atoms with E-state index < -0.39 is 6.55 Å². The number of pyridine rings is 1. The molecular weight excluding hydrogens is 398 g/mol. The molecular formula is C19H18F2N6OS. The number of amides is 1. The van der Waals surface area contributed by atoms with Crippen LogP contribution in [0.15, 0.2) is 36.0 Å². The van der Waals surface area contributed by atoms with E-state index in [0.717, 1.165) is 9.44 Å². The summed E-state index contributed by atoms with van der Waals surface area (Å²) < 4.78 is 28.3. The molecule has 150 valence electrons. The zero-order valence-corrected chi connectivity index (χ0v) is 16.6. The highest BCUT2D eigenvalue weighted by molar-refractivity contribution is 7.13. The molecule has 0 saturated carbocycles. The van der Waals surface area contributed by atoms with Crippen LogP contribution in [0.5, 0.6) is 0 Å². The van der Waals surface area contributed by atoms with Gasteiger partial charge in [-0.3, -0.25) is 14.0 Å². The van der Waals surface area contributed by atoms with Crippen molar-refractivity contribution in [3.63, 3.8) is 0 Å². The molecule has 7 nitrogen and oxygen atoms in total. The highest BCUT2D eigenvalue weighted by Gasteiger charge is 2.20. The molecule has 0 spiro atoms. The first kappa shape index (κ1) is 19.2. The Morgan fingerprint density at radius 2 is 2.21 bits per heavy atom. The topological polar surface area (TPSA) is 77.6 Å². The number of imidazole rings is 1. The van der Waals surface area contributed by atoms with E-state index in [1.54, 1.807) is 17.8 Å². The molecule has 0 radical (unpaired) electrons. The van der Waals surface area contributed by atoms with Gasteiger partial charge in [0.25, 0.3) is 5.91 Å². The van der Waals surface area contributed by atoms with Crippen LogP contribution in [0.2, 0.25) is 0 Å². The van der Waals surface area contributed by atoms with Gasteiger partial charge in [0.05, 0.1) is 27.2 Å². The van der Waals surface area contributed by atoms with Gasteiger partial charge in [0.15, 0.2) is 5.65 Å². The predicted octanol–water partition coefficient (Wildman–Crippen LogP) is 3.57. The third kappa shape index (κ3) is 3.63. The van der Waals surface area contributed by atoms with Crippen LogP contribution in [-0.4, -0.2) is 36.8 Å². The molecule has 1 N–H and O–H groups in total. The van der Waals surface area contributed by atoms with Crippen LogP contribution in [0.3, 0.4) is 0 Å². The van der Waals surface area contributed by atoms with Gasteiger partial charge < -0.3 is 5.32 Å². The van der Waals surface area contributed by atoms with Crippen LogP contribution >= 0.6 is 11.3 Å². The fraction of sp³-hybridized carbons (Fsp3) is 0.263. The molecule has 0 fully saturated rings. The van der Waals surface area contributed by atoms with E-state index >= 15 is 0 Å². The summed E-state index contributed by atoms with van der Waals surface area (Å²) in [7, 11) is 1.78. The number of hydrogen-bond acceptors (Lipinski definition) is 5. The van der Waals surface area contributed by atoms with Crippen LogP contribution in [-0.2, 0) is 13.5 Å². The molecule has 1 amide bonds. The molecule has 0 aromatic carbocycles. The maximum Gasteiger partial charge on any atom is 0.319 e. The normalized spacial score (nSPS) is 11.5. The van der Waals surface area contributed by atoms with Crippen molar-refractivity contribution in [1.29, 1.82) is 0 Å². The average molecular weight is 416 g/mol. The standard InChI is InChI=1S/C19H18F2N6OS/c1-11-16-12(18(28)23-6-5-15-22-7-8-27(15)19(20)21)10-13(14-4-3-9-29-14)24-17(16)26(2)25-11/h3-4,7-10,19H,5-6H2,1-2H3,(H,23,28). The first-order valence-electron chi connectivity index (χ1n) is 8.92. The molecule has 4 rings (SSSR count). The van der Waals surface area contributed by atoms with Crippen LogP contribution < -0.4 is 5.32 Å². The molecule has 10 heteroatoms. The van der Waals surface area contributed by atoms with Gasteiger partial charge in [-0.15, -0.1) is 11.3 Å². The minimum Gasteiger partial charge on any atom is -0.352 e. The molecule has 0 atom stereocenters. The number of rotatable bonds is 6. The van der Waals surface area contributed by atoms with Crippen molar-refractivity contribution in [3.05, 3.63) is 53.1 Å². The Labute approximate surface area is 169 Å². The van der Waals surface area contributed by atoms with Gasteiger partial charge in [-0.2, -0.15) is 13.9 Å². The van der Waals surface area contributed by atoms with Gasteiger partial charge in [0.2, 0.25) is 0 Å². The number of fused-ring (bicyclic) bond motifs is 1. The number of carbonyl (C=O) groups is 1. The molecule has 0 aliphatic carbocycles. The van der Waals surface area contributed by atoms with Gasteiger partial charge in [-0.05, 0) is 24.4 Å². The first-order chi connectivity index (χ1) is 14.0. The zero-order chi connectivity index (χ0) is 20.5. The SMILES string of the molecule is Cc1nn(C)c2nc(-c3cccs3)cc(C(=O)NCCc3nccn3C(F)F)c12. The van der Waals surface area contributed by atoms with Crippen molar-refractivity contribution < 1.29 is 13.6 Å². The molecule has 4 aromatic rings. The van der Waals surface area contributed by atoms with E-state index in [-0.39, 0.29) is 24.7 Å². The summed E-state index contributed by atoms with van der Waals surface area (Å²) >= 11 is 1.53. The quantitative estimate of drug-likeness (QED) is 0.521. The summed E-state index contributed by atoms with van der Waals surface area (Å²) in [4.78, 5) is 22.5. The van der Waals surface area contributed by atoms with Crippen LogP contribution in [0.4, 0.5) is 8.78 Å². The van der Waals surface area contributed by atoms with Crippen molar-refractivity contribution in [2.24, 2.45) is 7.05 Å². The highest BCUT2D eigenvalue weighted by atomic mass is 32.1. The molecule has 0 aliphatic heterocycles. The van der Waals surface area contributed by atoms with Crippen molar-refractivity contribution in [2.45, 2.75) is 19.9 Å². The van der Waals surface area contributed by atoms with Gasteiger partial charge >= 0.3 is 6.55 Å². The largest absolute Gasteiger partial charge is 0.352 e. The number of aryl methyl sites for hydroxylation is 2. The number of aromatic nitrogens is 5. The summed E-state index contributed by atoms with van der Waals surface area (Å²) in [5.74, 6) is -0.0848. The third-order valence-electron chi connectivity index (χ3n) is 4.58. The van der Waals surface area contributed by atoms with Crippen LogP contribution in [0, 0.1) is 6.92 Å². The summed E-state index contributed by atoms with van der Waals surface area (Å²) in [6.07, 6.45) is 2.74. The van der Waals surface area contributed by atoms with Gasteiger partial charge in [-0.25, -0.2) is 9.97 Å². The highest BCUT2D eigenvalue weighted by Crippen LogP contribution is 2.29. The second-order valence-corrected chi connectivity index (χ2v) is 7.42. The maximum atomic E-state index is 12.9. The lowest BCUT2D eigenvalue weighted by molar-refractivity contribution is 0.0670. The second kappa shape index (κ2) is 7.70. The van der Waals surface area contributed by atoms with E-state index in [1.807, 2.05) is 24.4 Å². The van der Waals surface area contributed by atoms with E-state index in [1.165, 1.54) is 23.7 Å². The van der Waals surface area contributed by atoms with Gasteiger partial charge in [-0.1, -0.05) is 6.07 Å². The number of thiophene rings is 1. The van der Waals surface area contributed by atoms with Crippen LogP contribution in [0.25, 0.3) is 21.6 Å². The fourth-order valence-corrected chi connectivity index (χ4v) is 3.96. The van der Waals surface area contributed by atoms with E-state index in [9.17, 15) is 13.6 Å². The lowest BCUT2D eigenvalue weighted by atomic mass is 10.1. The lowest BCUT2D eigenvalue weighted by Crippen LogP contribution is -2.27. The Kier molecular flexibility index (Phi) is 5.10. The van der Waals surface area contributed by atoms with E-state index in [4.69, 9.17) is 0 Å². The molecule has 0 saturated heterocycles. The predicted molar refractivity (Wildman–Crippen MR) is 106 cm³/mol. The Morgan fingerprint density at radius 3 is 2.93 bits per heavy atom. The van der Waals surface area contributed by atoms with Gasteiger partial charge in [0, 0.05) is 32.4 Å². The zero-order valence-electron chi connectivity index (χ0n) is 15.8. The number of carbonyl (C=O) groups excluding carboxylic acids is 1. The Hall–Kier alpha value is -3.14. The number of alkyl halides is 2. The van der Waals surface area contributed by atoms with E-state index in [2.05, 4.69) is 20.4 Å². The maximum absolute atomic E-state index is 12.9. The summed E-state index contributed by atoms with van der Waals surface area (Å²) in [6.45, 7) is -0.653. The monoisotopic (exact) mass is 416 g/mol. The lowest BCUT2D eigenvalue weighted by Gasteiger charge is -2.10. The average Bonchev–Trinajstić information content (AvgIpc) is 3.42. The van der Waals surface area contributed by atoms with Gasteiger partial charge in [0.1, 0.15) is 5.82 Å². The minimum atomic E-state index is -2.66. The summed E-state index contributed by atoms with van der Waals surface area (Å²) in [6, 6.07) is 5.61. The Morgan fingerprint density at radius 1 is 1.38 bits per heavy atom. The summed E-state index contributed by atoms with van der Waals surface area (Å²) in [5, 5.41) is 9.82. The van der Waals surface area contributed by atoms with Crippen molar-refractivity contribution >= 4 is 28.3 Å². The van der Waals surface area contributed by atoms with E-state index in [0.29, 0.717) is 28.0 Å². The molecule has 4 heterocycles. The number of hydrogen-bond donors (Lipinski definition) is 1. The first-order valence-corrected chi connectivity index (χ1v) is 9.80. The fourth-order valence-electron chi connectivity index (χ4n) is 3.27. The van der Waals surface area contributed by atoms with Crippen molar-refractivity contribution in [1.82, 2.24) is 29.6 Å². The minimum absolute atomic E-state index is 0.181.